The first-order chi connectivity index (χ1) is 7.72. The second-order valence-corrected chi connectivity index (χ2v) is 4.51. The predicted octanol–water partition coefficient (Wildman–Crippen LogP) is 1.57. The summed E-state index contributed by atoms with van der Waals surface area (Å²) in [6.45, 7) is 3.84. The molecule has 1 aliphatic heterocycles. The number of benzene rings is 1. The van der Waals surface area contributed by atoms with E-state index in [2.05, 4.69) is 26.1 Å². The molecule has 0 aromatic heterocycles. The summed E-state index contributed by atoms with van der Waals surface area (Å²) in [4.78, 5) is 2.23. The highest BCUT2D eigenvalue weighted by molar-refractivity contribution is 9.10. The molecule has 0 amide bonds. The molecule has 5 heteroatoms. The van der Waals surface area contributed by atoms with E-state index in [1.807, 2.05) is 6.07 Å². The van der Waals surface area contributed by atoms with Crippen molar-refractivity contribution in [2.24, 2.45) is 0 Å². The number of phenols is 1. The molecule has 2 N–H and O–H groups in total. The summed E-state index contributed by atoms with van der Waals surface area (Å²) in [5, 5.41) is 13.1. The first-order valence-electron chi connectivity index (χ1n) is 5.24. The Hall–Kier alpha value is -0.940. The van der Waals surface area contributed by atoms with Crippen molar-refractivity contribution in [3.8, 4) is 11.5 Å². The third-order valence-electron chi connectivity index (χ3n) is 2.71. The topological polar surface area (TPSA) is 44.7 Å². The van der Waals surface area contributed by atoms with E-state index in [0.717, 1.165) is 31.9 Å². The molecule has 0 radical (unpaired) electrons. The molecule has 88 valence electrons. The molecule has 4 nitrogen and oxygen atoms in total. The third kappa shape index (κ3) is 2.25. The van der Waals surface area contributed by atoms with E-state index in [-0.39, 0.29) is 5.75 Å². The zero-order chi connectivity index (χ0) is 11.5. The maximum atomic E-state index is 9.77. The Morgan fingerprint density at radius 1 is 1.38 bits per heavy atom. The number of nitrogens with one attached hydrogen (secondary N) is 1. The average Bonchev–Trinajstić information content (AvgIpc) is 2.33. The molecule has 1 aromatic rings. The van der Waals surface area contributed by atoms with Gasteiger partial charge in [-0.15, -0.1) is 0 Å². The minimum Gasteiger partial charge on any atom is -0.507 e. The van der Waals surface area contributed by atoms with Crippen molar-refractivity contribution < 1.29 is 9.84 Å². The van der Waals surface area contributed by atoms with Crippen LogP contribution in [0.1, 0.15) is 0 Å². The number of rotatable bonds is 2. The van der Waals surface area contributed by atoms with Crippen LogP contribution >= 0.6 is 15.9 Å². The van der Waals surface area contributed by atoms with Crippen molar-refractivity contribution in [2.75, 3.05) is 38.2 Å². The fraction of sp³-hybridized carbons (Fsp3) is 0.455. The summed E-state index contributed by atoms with van der Waals surface area (Å²) in [5.41, 5.74) is 0.999. The molecule has 1 aromatic carbocycles. The van der Waals surface area contributed by atoms with Crippen molar-refractivity contribution >= 4 is 21.6 Å². The fourth-order valence-electron chi connectivity index (χ4n) is 1.82. The molecule has 1 aliphatic rings. The molecule has 0 bridgehead atoms. The SMILES string of the molecule is COc1cc(N2CCNCC2)cc(O)c1Br. The van der Waals surface area contributed by atoms with Crippen LogP contribution in [-0.2, 0) is 0 Å². The van der Waals surface area contributed by atoms with Gasteiger partial charge in [0.15, 0.2) is 0 Å². The van der Waals surface area contributed by atoms with Crippen LogP contribution in [0.2, 0.25) is 0 Å². The Balaban J connectivity index is 2.29. The van der Waals surface area contributed by atoms with Crippen LogP contribution in [0, 0.1) is 0 Å². The summed E-state index contributed by atoms with van der Waals surface area (Å²) in [6.07, 6.45) is 0. The van der Waals surface area contributed by atoms with Gasteiger partial charge < -0.3 is 20.1 Å². The van der Waals surface area contributed by atoms with E-state index in [9.17, 15) is 5.11 Å². The molecule has 2 rings (SSSR count). The van der Waals surface area contributed by atoms with Crippen molar-refractivity contribution in [1.29, 1.82) is 0 Å². The van der Waals surface area contributed by atoms with Gasteiger partial charge in [-0.25, -0.2) is 0 Å². The maximum absolute atomic E-state index is 9.77. The molecular formula is C11H15BrN2O2. The Kier molecular flexibility index (Phi) is 3.56. The van der Waals surface area contributed by atoms with Crippen molar-refractivity contribution in [3.05, 3.63) is 16.6 Å². The Labute approximate surface area is 103 Å². The molecular weight excluding hydrogens is 272 g/mol. The number of aromatic hydroxyl groups is 1. The molecule has 0 saturated carbocycles. The fourth-order valence-corrected chi connectivity index (χ4v) is 2.21. The Morgan fingerprint density at radius 2 is 2.06 bits per heavy atom. The number of ether oxygens (including phenoxy) is 1. The van der Waals surface area contributed by atoms with Crippen molar-refractivity contribution in [2.45, 2.75) is 0 Å². The number of hydrogen-bond acceptors (Lipinski definition) is 4. The van der Waals surface area contributed by atoms with Gasteiger partial charge in [0.2, 0.25) is 0 Å². The van der Waals surface area contributed by atoms with Gasteiger partial charge in [-0.2, -0.15) is 0 Å². The van der Waals surface area contributed by atoms with Crippen LogP contribution in [0.3, 0.4) is 0 Å². The minimum atomic E-state index is 0.216. The first kappa shape index (κ1) is 11.5. The summed E-state index contributed by atoms with van der Waals surface area (Å²) in [7, 11) is 1.60. The van der Waals surface area contributed by atoms with Crippen molar-refractivity contribution in [1.82, 2.24) is 5.32 Å². The number of methoxy groups -OCH3 is 1. The molecule has 1 heterocycles. The Morgan fingerprint density at radius 3 is 2.69 bits per heavy atom. The van der Waals surface area contributed by atoms with E-state index < -0.39 is 0 Å². The van der Waals surface area contributed by atoms with Gasteiger partial charge in [0.05, 0.1) is 7.11 Å². The number of piperazine rings is 1. The van der Waals surface area contributed by atoms with Gasteiger partial charge in [-0.05, 0) is 15.9 Å². The molecule has 16 heavy (non-hydrogen) atoms. The van der Waals surface area contributed by atoms with Crippen LogP contribution in [0.4, 0.5) is 5.69 Å². The molecule has 0 aliphatic carbocycles. The lowest BCUT2D eigenvalue weighted by Gasteiger charge is -2.29. The summed E-state index contributed by atoms with van der Waals surface area (Å²) in [5.74, 6) is 0.876. The lowest BCUT2D eigenvalue weighted by Crippen LogP contribution is -2.43. The highest BCUT2D eigenvalue weighted by Crippen LogP contribution is 2.37. The van der Waals surface area contributed by atoms with E-state index in [1.165, 1.54) is 0 Å². The molecule has 1 fully saturated rings. The number of hydrogen-bond donors (Lipinski definition) is 2. The second kappa shape index (κ2) is 4.93. The van der Waals surface area contributed by atoms with Gasteiger partial charge in [-0.1, -0.05) is 0 Å². The maximum Gasteiger partial charge on any atom is 0.138 e. The lowest BCUT2D eigenvalue weighted by molar-refractivity contribution is 0.403. The van der Waals surface area contributed by atoms with Crippen molar-refractivity contribution in [3.63, 3.8) is 0 Å². The lowest BCUT2D eigenvalue weighted by atomic mass is 10.2. The molecule has 0 unspecified atom stereocenters. The van der Waals surface area contributed by atoms with Gasteiger partial charge in [0.25, 0.3) is 0 Å². The largest absolute Gasteiger partial charge is 0.507 e. The van der Waals surface area contributed by atoms with Gasteiger partial charge in [0, 0.05) is 44.0 Å². The highest BCUT2D eigenvalue weighted by Gasteiger charge is 2.15. The number of halogens is 1. The molecule has 0 spiro atoms. The van der Waals surface area contributed by atoms with E-state index in [4.69, 9.17) is 4.74 Å². The zero-order valence-electron chi connectivity index (χ0n) is 9.16. The van der Waals surface area contributed by atoms with E-state index >= 15 is 0 Å². The molecule has 1 saturated heterocycles. The standard InChI is InChI=1S/C11H15BrN2O2/c1-16-10-7-8(6-9(15)11(10)12)14-4-2-13-3-5-14/h6-7,13,15H,2-5H2,1H3. The minimum absolute atomic E-state index is 0.216. The number of phenolic OH excluding ortho intramolecular Hbond substituents is 1. The van der Waals surface area contributed by atoms with Crippen LogP contribution in [-0.4, -0.2) is 38.4 Å². The van der Waals surface area contributed by atoms with E-state index in [1.54, 1.807) is 13.2 Å². The summed E-state index contributed by atoms with van der Waals surface area (Å²) < 4.78 is 5.81. The highest BCUT2D eigenvalue weighted by atomic mass is 79.9. The number of anilines is 1. The average molecular weight is 287 g/mol. The van der Waals surface area contributed by atoms with Gasteiger partial charge in [0.1, 0.15) is 16.0 Å². The van der Waals surface area contributed by atoms with Gasteiger partial charge >= 0.3 is 0 Å². The quantitative estimate of drug-likeness (QED) is 0.866. The predicted molar refractivity (Wildman–Crippen MR) is 67.4 cm³/mol. The van der Waals surface area contributed by atoms with Crippen LogP contribution < -0.4 is 15.0 Å². The van der Waals surface area contributed by atoms with E-state index in [0.29, 0.717) is 10.2 Å². The van der Waals surface area contributed by atoms with Crippen LogP contribution in [0.15, 0.2) is 16.6 Å². The number of nitrogens with zero attached hydrogens (tertiary/aromatic N) is 1. The zero-order valence-corrected chi connectivity index (χ0v) is 10.7. The van der Waals surface area contributed by atoms with Crippen LogP contribution in [0.25, 0.3) is 0 Å². The summed E-state index contributed by atoms with van der Waals surface area (Å²) in [6, 6.07) is 3.70. The molecule has 0 atom stereocenters. The van der Waals surface area contributed by atoms with Gasteiger partial charge in [-0.3, -0.25) is 0 Å². The third-order valence-corrected chi connectivity index (χ3v) is 3.50. The first-order valence-corrected chi connectivity index (χ1v) is 6.04. The summed E-state index contributed by atoms with van der Waals surface area (Å²) >= 11 is 3.29. The Bertz CT molecular complexity index is 378. The van der Waals surface area contributed by atoms with Crippen LogP contribution in [0.5, 0.6) is 11.5 Å². The smallest absolute Gasteiger partial charge is 0.138 e. The normalized spacial score (nSPS) is 16.2. The second-order valence-electron chi connectivity index (χ2n) is 3.72. The monoisotopic (exact) mass is 286 g/mol.